The number of amides is 1. The highest BCUT2D eigenvalue weighted by Gasteiger charge is 2.21. The molecule has 0 spiro atoms. The van der Waals surface area contributed by atoms with Gasteiger partial charge in [-0.25, -0.2) is 12.7 Å². The van der Waals surface area contributed by atoms with Crippen molar-refractivity contribution in [1.29, 1.82) is 0 Å². The maximum absolute atomic E-state index is 12.6. The molecule has 2 rings (SSSR count). The summed E-state index contributed by atoms with van der Waals surface area (Å²) in [6.45, 7) is 2.79. The van der Waals surface area contributed by atoms with Crippen molar-refractivity contribution in [3.8, 4) is 0 Å². The fraction of sp³-hybridized carbons (Fsp3) is 0.316. The van der Waals surface area contributed by atoms with Gasteiger partial charge in [0.2, 0.25) is 10.0 Å². The molecule has 1 amide bonds. The molecule has 140 valence electrons. The zero-order valence-electron chi connectivity index (χ0n) is 14.9. The van der Waals surface area contributed by atoms with Gasteiger partial charge in [-0.05, 0) is 42.3 Å². The van der Waals surface area contributed by atoms with Crippen molar-refractivity contribution >= 4 is 27.5 Å². The van der Waals surface area contributed by atoms with Crippen LogP contribution in [0.5, 0.6) is 0 Å². The molecule has 0 atom stereocenters. The predicted molar refractivity (Wildman–Crippen MR) is 104 cm³/mol. The van der Waals surface area contributed by atoms with E-state index in [1.54, 1.807) is 31.3 Å². The summed E-state index contributed by atoms with van der Waals surface area (Å²) in [4.78, 5) is 12.5. The monoisotopic (exact) mass is 394 g/mol. The van der Waals surface area contributed by atoms with Crippen molar-refractivity contribution in [2.45, 2.75) is 31.2 Å². The molecule has 0 bridgehead atoms. The van der Waals surface area contributed by atoms with Gasteiger partial charge in [-0.1, -0.05) is 43.1 Å². The number of sulfonamides is 1. The first-order valence-electron chi connectivity index (χ1n) is 8.43. The van der Waals surface area contributed by atoms with Gasteiger partial charge < -0.3 is 5.32 Å². The Morgan fingerprint density at radius 3 is 2.50 bits per heavy atom. The molecule has 0 aliphatic carbocycles. The average molecular weight is 395 g/mol. The van der Waals surface area contributed by atoms with E-state index in [9.17, 15) is 13.2 Å². The Morgan fingerprint density at radius 1 is 1.15 bits per heavy atom. The lowest BCUT2D eigenvalue weighted by Gasteiger charge is -2.17. The molecule has 2 aromatic rings. The van der Waals surface area contributed by atoms with Crippen LogP contribution in [0.2, 0.25) is 5.02 Å². The molecule has 0 saturated heterocycles. The maximum Gasteiger partial charge on any atom is 0.251 e. The minimum atomic E-state index is -3.60. The summed E-state index contributed by atoms with van der Waals surface area (Å²) >= 11 is 5.84. The Balaban J connectivity index is 2.09. The van der Waals surface area contributed by atoms with Crippen LogP contribution in [0.15, 0.2) is 53.4 Å². The second-order valence-electron chi connectivity index (χ2n) is 6.02. The van der Waals surface area contributed by atoms with Crippen molar-refractivity contribution in [2.24, 2.45) is 0 Å². The number of nitrogens with one attached hydrogen (secondary N) is 1. The highest BCUT2D eigenvalue weighted by atomic mass is 35.5. The van der Waals surface area contributed by atoms with Gasteiger partial charge in [0.1, 0.15) is 0 Å². The molecule has 5 nitrogen and oxygen atoms in total. The third kappa shape index (κ3) is 5.30. The van der Waals surface area contributed by atoms with E-state index in [4.69, 9.17) is 11.6 Å². The number of hydrogen-bond donors (Lipinski definition) is 1. The van der Waals surface area contributed by atoms with E-state index in [2.05, 4.69) is 5.32 Å². The smallest absolute Gasteiger partial charge is 0.251 e. The number of hydrogen-bond acceptors (Lipinski definition) is 3. The zero-order chi connectivity index (χ0) is 19.2. The van der Waals surface area contributed by atoms with Crippen molar-refractivity contribution in [3.05, 3.63) is 64.7 Å². The summed E-state index contributed by atoms with van der Waals surface area (Å²) in [5, 5.41) is 3.42. The quantitative estimate of drug-likeness (QED) is 0.742. The lowest BCUT2D eigenvalue weighted by atomic mass is 10.2. The molecule has 0 aromatic heterocycles. The number of nitrogens with zero attached hydrogens (tertiary/aromatic N) is 1. The van der Waals surface area contributed by atoms with Crippen molar-refractivity contribution < 1.29 is 13.2 Å². The first-order chi connectivity index (χ1) is 12.3. The normalized spacial score (nSPS) is 11.5. The SMILES string of the molecule is CCCCN(C)S(=O)(=O)c1cccc(C(=O)NCc2ccc(Cl)cc2)c1. The topological polar surface area (TPSA) is 66.5 Å². The number of carbonyl (C=O) groups is 1. The van der Waals surface area contributed by atoms with Gasteiger partial charge in [0.25, 0.3) is 5.91 Å². The number of benzene rings is 2. The molecule has 0 fully saturated rings. The van der Waals surface area contributed by atoms with Crippen LogP contribution in [-0.4, -0.2) is 32.2 Å². The summed E-state index contributed by atoms with van der Waals surface area (Å²) in [6, 6.07) is 13.3. The molecule has 26 heavy (non-hydrogen) atoms. The number of unbranched alkanes of at least 4 members (excludes halogenated alkanes) is 1. The molecule has 0 heterocycles. The minimum absolute atomic E-state index is 0.121. The average Bonchev–Trinajstić information content (AvgIpc) is 2.65. The lowest BCUT2D eigenvalue weighted by molar-refractivity contribution is 0.0950. The van der Waals surface area contributed by atoms with Gasteiger partial charge in [-0.2, -0.15) is 0 Å². The number of halogens is 1. The summed E-state index contributed by atoms with van der Waals surface area (Å²) in [5.41, 5.74) is 1.22. The molecule has 2 aromatic carbocycles. The first kappa shape index (κ1) is 20.4. The number of carbonyl (C=O) groups excluding carboxylic acids is 1. The molecule has 0 radical (unpaired) electrons. The predicted octanol–water partition coefficient (Wildman–Crippen LogP) is 3.69. The van der Waals surface area contributed by atoms with Crippen LogP contribution in [0.25, 0.3) is 0 Å². The first-order valence-corrected chi connectivity index (χ1v) is 10.3. The van der Waals surface area contributed by atoms with Gasteiger partial charge in [0.05, 0.1) is 4.90 Å². The second-order valence-corrected chi connectivity index (χ2v) is 8.50. The molecule has 0 saturated carbocycles. The molecular formula is C19H23ClN2O3S. The Labute approximate surface area is 160 Å². The summed E-state index contributed by atoms with van der Waals surface area (Å²) in [6.07, 6.45) is 1.70. The standard InChI is InChI=1S/C19H23ClN2O3S/c1-3-4-12-22(2)26(24,25)18-7-5-6-16(13-18)19(23)21-14-15-8-10-17(20)11-9-15/h5-11,13H,3-4,12,14H2,1-2H3,(H,21,23). The Hall–Kier alpha value is -1.89. The van der Waals surface area contributed by atoms with E-state index in [0.29, 0.717) is 23.7 Å². The summed E-state index contributed by atoms with van der Waals surface area (Å²) < 4.78 is 26.5. The van der Waals surface area contributed by atoms with Gasteiger partial charge in [-0.3, -0.25) is 4.79 Å². The zero-order valence-corrected chi connectivity index (χ0v) is 16.5. The lowest BCUT2D eigenvalue weighted by Crippen LogP contribution is -2.28. The van der Waals surface area contributed by atoms with E-state index in [-0.39, 0.29) is 10.8 Å². The second kappa shape index (κ2) is 9.16. The van der Waals surface area contributed by atoms with Crippen molar-refractivity contribution in [2.75, 3.05) is 13.6 Å². The van der Waals surface area contributed by atoms with Crippen LogP contribution in [-0.2, 0) is 16.6 Å². The van der Waals surface area contributed by atoms with Crippen molar-refractivity contribution in [3.63, 3.8) is 0 Å². The Morgan fingerprint density at radius 2 is 1.85 bits per heavy atom. The van der Waals surface area contributed by atoms with Crippen LogP contribution in [0.1, 0.15) is 35.7 Å². The van der Waals surface area contributed by atoms with E-state index in [0.717, 1.165) is 18.4 Å². The van der Waals surface area contributed by atoms with E-state index in [1.165, 1.54) is 16.4 Å². The summed E-state index contributed by atoms with van der Waals surface area (Å²) in [7, 11) is -2.05. The molecular weight excluding hydrogens is 372 g/mol. The van der Waals surface area contributed by atoms with E-state index < -0.39 is 10.0 Å². The molecule has 7 heteroatoms. The highest BCUT2D eigenvalue weighted by Crippen LogP contribution is 2.17. The van der Waals surface area contributed by atoms with E-state index >= 15 is 0 Å². The molecule has 1 N–H and O–H groups in total. The van der Waals surface area contributed by atoms with Gasteiger partial charge in [0.15, 0.2) is 0 Å². The largest absolute Gasteiger partial charge is 0.348 e. The Kier molecular flexibility index (Phi) is 7.20. The van der Waals surface area contributed by atoms with Crippen LogP contribution in [0.3, 0.4) is 0 Å². The van der Waals surface area contributed by atoms with Crippen LogP contribution in [0, 0.1) is 0 Å². The third-order valence-corrected chi connectivity index (χ3v) is 6.10. The highest BCUT2D eigenvalue weighted by molar-refractivity contribution is 7.89. The summed E-state index contributed by atoms with van der Waals surface area (Å²) in [5.74, 6) is -0.326. The van der Waals surface area contributed by atoms with E-state index in [1.807, 2.05) is 19.1 Å². The van der Waals surface area contributed by atoms with Gasteiger partial charge >= 0.3 is 0 Å². The van der Waals surface area contributed by atoms with Crippen LogP contribution >= 0.6 is 11.6 Å². The molecule has 0 aliphatic rings. The fourth-order valence-corrected chi connectivity index (χ4v) is 3.75. The molecule has 0 unspecified atom stereocenters. The minimum Gasteiger partial charge on any atom is -0.348 e. The van der Waals surface area contributed by atoms with Crippen LogP contribution < -0.4 is 5.32 Å². The van der Waals surface area contributed by atoms with Gasteiger partial charge in [-0.15, -0.1) is 0 Å². The molecule has 0 aliphatic heterocycles. The van der Waals surface area contributed by atoms with Crippen molar-refractivity contribution in [1.82, 2.24) is 9.62 Å². The van der Waals surface area contributed by atoms with Gasteiger partial charge in [0, 0.05) is 30.7 Å². The Bertz CT molecular complexity index is 851. The maximum atomic E-state index is 12.6. The third-order valence-electron chi connectivity index (χ3n) is 4.00. The number of rotatable bonds is 8. The van der Waals surface area contributed by atoms with Crippen LogP contribution in [0.4, 0.5) is 0 Å². The fourth-order valence-electron chi connectivity index (χ4n) is 2.37.